The second-order valence-electron chi connectivity index (χ2n) is 3.07. The van der Waals surface area contributed by atoms with Crippen molar-refractivity contribution in [1.29, 1.82) is 0 Å². The van der Waals surface area contributed by atoms with Crippen LogP contribution in [0, 0.1) is 0 Å². The lowest BCUT2D eigenvalue weighted by Crippen LogP contribution is -2.48. The van der Waals surface area contributed by atoms with Gasteiger partial charge in [-0.3, -0.25) is 4.79 Å². The maximum Gasteiger partial charge on any atom is 0.266 e. The van der Waals surface area contributed by atoms with Crippen molar-refractivity contribution in [2.75, 3.05) is 6.26 Å². The fourth-order valence-corrected chi connectivity index (χ4v) is 1.64. The largest absolute Gasteiger partial charge is 0.324 e. The van der Waals surface area contributed by atoms with E-state index in [1.165, 1.54) is 6.92 Å². The van der Waals surface area contributed by atoms with Crippen molar-refractivity contribution in [3.8, 4) is 0 Å². The number of rotatable bonds is 5. The summed E-state index contributed by atoms with van der Waals surface area (Å²) < 4.78 is 26.5. The van der Waals surface area contributed by atoms with Crippen LogP contribution in [0.1, 0.15) is 20.3 Å². The molecule has 0 bridgehead atoms. The zero-order valence-electron chi connectivity index (χ0n) is 8.53. The van der Waals surface area contributed by atoms with Gasteiger partial charge in [0.1, 0.15) is 0 Å². The van der Waals surface area contributed by atoms with E-state index in [2.05, 4.69) is 11.9 Å². The maximum atomic E-state index is 11.0. The van der Waals surface area contributed by atoms with Crippen LogP contribution in [0.3, 0.4) is 0 Å². The van der Waals surface area contributed by atoms with Crippen molar-refractivity contribution in [1.82, 2.24) is 5.32 Å². The van der Waals surface area contributed by atoms with Crippen LogP contribution in [0.2, 0.25) is 0 Å². The number of hydrogen-bond donors (Lipinski definition) is 1. The van der Waals surface area contributed by atoms with Gasteiger partial charge in [0, 0.05) is 0 Å². The lowest BCUT2D eigenvalue weighted by atomic mass is 10.2. The second-order valence-corrected chi connectivity index (χ2v) is 4.64. The predicted octanol–water partition coefficient (Wildman–Crippen LogP) is 0.391. The van der Waals surface area contributed by atoms with Gasteiger partial charge >= 0.3 is 0 Å². The van der Waals surface area contributed by atoms with Gasteiger partial charge in [0.25, 0.3) is 10.1 Å². The summed E-state index contributed by atoms with van der Waals surface area (Å²) in [5, 5.41) is 2.39. The highest BCUT2D eigenvalue weighted by Gasteiger charge is 2.28. The Morgan fingerprint density at radius 3 is 2.43 bits per heavy atom. The van der Waals surface area contributed by atoms with Crippen LogP contribution in [-0.2, 0) is 19.1 Å². The van der Waals surface area contributed by atoms with Crippen LogP contribution in [0.4, 0.5) is 0 Å². The third kappa shape index (κ3) is 4.98. The van der Waals surface area contributed by atoms with E-state index in [0.717, 1.165) is 12.3 Å². The smallest absolute Gasteiger partial charge is 0.266 e. The van der Waals surface area contributed by atoms with E-state index >= 15 is 0 Å². The minimum Gasteiger partial charge on any atom is -0.324 e. The van der Waals surface area contributed by atoms with Crippen molar-refractivity contribution < 1.29 is 17.4 Å². The normalized spacial score (nSPS) is 15.6. The molecule has 1 amide bonds. The number of amides is 1. The molecule has 0 aromatic carbocycles. The van der Waals surface area contributed by atoms with Crippen LogP contribution >= 0.6 is 0 Å². The highest BCUT2D eigenvalue weighted by Crippen LogP contribution is 2.13. The van der Waals surface area contributed by atoms with Crippen LogP contribution < -0.4 is 5.32 Å². The zero-order chi connectivity index (χ0) is 11.4. The molecule has 1 N–H and O–H groups in total. The van der Waals surface area contributed by atoms with Gasteiger partial charge in [-0.1, -0.05) is 13.5 Å². The number of carbonyl (C=O) groups is 1. The third-order valence-electron chi connectivity index (χ3n) is 1.58. The Hall–Kier alpha value is -0.880. The molecule has 1 unspecified atom stereocenters. The van der Waals surface area contributed by atoms with Crippen LogP contribution in [-0.4, -0.2) is 26.3 Å². The second kappa shape index (κ2) is 4.56. The molecule has 1 atom stereocenters. The molecule has 0 saturated heterocycles. The summed E-state index contributed by atoms with van der Waals surface area (Å²) in [6, 6.07) is 0. The molecule has 5 nitrogen and oxygen atoms in total. The first-order valence-corrected chi connectivity index (χ1v) is 5.89. The van der Waals surface area contributed by atoms with Crippen LogP contribution in [0.15, 0.2) is 12.7 Å². The van der Waals surface area contributed by atoms with E-state index in [1.807, 2.05) is 0 Å². The lowest BCUT2D eigenvalue weighted by Gasteiger charge is -2.27. The number of nitrogens with one attached hydrogen (secondary N) is 1. The molecule has 0 aromatic rings. The molecule has 0 rings (SSSR count). The zero-order valence-corrected chi connectivity index (χ0v) is 9.35. The van der Waals surface area contributed by atoms with Crippen molar-refractivity contribution in [2.24, 2.45) is 0 Å². The molecule has 0 aliphatic heterocycles. The van der Waals surface area contributed by atoms with Gasteiger partial charge in [0.2, 0.25) is 5.91 Å². The first-order chi connectivity index (χ1) is 6.22. The predicted molar refractivity (Wildman–Crippen MR) is 53.0 cm³/mol. The molecule has 0 fully saturated rings. The first-order valence-electron chi connectivity index (χ1n) is 4.07. The Bertz CT molecular complexity index is 322. The van der Waals surface area contributed by atoms with E-state index in [0.29, 0.717) is 6.42 Å². The molecule has 0 aliphatic carbocycles. The molecule has 14 heavy (non-hydrogen) atoms. The third-order valence-corrected chi connectivity index (χ3v) is 2.25. The fourth-order valence-electron chi connectivity index (χ4n) is 0.814. The summed E-state index contributed by atoms with van der Waals surface area (Å²) in [4.78, 5) is 11.0. The SMILES string of the molecule is C=CC(=O)NC(C)(CC)OS(C)(=O)=O. The molecular formula is C8H15NO4S. The van der Waals surface area contributed by atoms with Crippen molar-refractivity contribution in [3.05, 3.63) is 12.7 Å². The lowest BCUT2D eigenvalue weighted by molar-refractivity contribution is -0.121. The molecule has 0 spiro atoms. The van der Waals surface area contributed by atoms with Gasteiger partial charge in [-0.05, 0) is 19.4 Å². The topological polar surface area (TPSA) is 72.5 Å². The van der Waals surface area contributed by atoms with E-state index in [1.54, 1.807) is 6.92 Å². The Labute approximate surface area is 84.3 Å². The molecule has 0 aliphatic rings. The number of hydrogen-bond acceptors (Lipinski definition) is 4. The maximum absolute atomic E-state index is 11.0. The number of carbonyl (C=O) groups excluding carboxylic acids is 1. The Morgan fingerprint density at radius 2 is 2.14 bits per heavy atom. The molecule has 6 heteroatoms. The molecule has 0 radical (unpaired) electrons. The molecule has 0 heterocycles. The fraction of sp³-hybridized carbons (Fsp3) is 0.625. The summed E-state index contributed by atoms with van der Waals surface area (Å²) >= 11 is 0. The highest BCUT2D eigenvalue weighted by atomic mass is 32.2. The van der Waals surface area contributed by atoms with Crippen LogP contribution in [0.5, 0.6) is 0 Å². The van der Waals surface area contributed by atoms with Crippen molar-refractivity contribution in [2.45, 2.75) is 26.0 Å². The molecular weight excluding hydrogens is 206 g/mol. The Morgan fingerprint density at radius 1 is 1.64 bits per heavy atom. The molecule has 0 aromatic heterocycles. The monoisotopic (exact) mass is 221 g/mol. The van der Waals surface area contributed by atoms with E-state index < -0.39 is 21.8 Å². The Kier molecular flexibility index (Phi) is 4.28. The van der Waals surface area contributed by atoms with Gasteiger partial charge in [-0.2, -0.15) is 8.42 Å². The minimum absolute atomic E-state index is 0.333. The molecule has 82 valence electrons. The van der Waals surface area contributed by atoms with Gasteiger partial charge in [0.15, 0.2) is 5.72 Å². The standard InChI is InChI=1S/C8H15NO4S/c1-5-7(10)9-8(3,6-2)13-14(4,11)12/h5H,1,6H2,2-4H3,(H,9,10). The van der Waals surface area contributed by atoms with Gasteiger partial charge in [0.05, 0.1) is 6.26 Å². The van der Waals surface area contributed by atoms with Crippen molar-refractivity contribution in [3.63, 3.8) is 0 Å². The van der Waals surface area contributed by atoms with E-state index in [-0.39, 0.29) is 0 Å². The summed E-state index contributed by atoms with van der Waals surface area (Å²) in [5.41, 5.74) is -1.21. The average molecular weight is 221 g/mol. The average Bonchev–Trinajstić information content (AvgIpc) is 2.00. The summed E-state index contributed by atoms with van der Waals surface area (Å²) in [5.74, 6) is -0.474. The summed E-state index contributed by atoms with van der Waals surface area (Å²) in [6.45, 7) is 6.44. The Balaban J connectivity index is 4.64. The van der Waals surface area contributed by atoms with Crippen LogP contribution in [0.25, 0.3) is 0 Å². The molecule has 0 saturated carbocycles. The first kappa shape index (κ1) is 13.1. The quantitative estimate of drug-likeness (QED) is 0.414. The summed E-state index contributed by atoms with van der Waals surface area (Å²) in [7, 11) is -3.60. The minimum atomic E-state index is -3.60. The highest BCUT2D eigenvalue weighted by molar-refractivity contribution is 7.86. The van der Waals surface area contributed by atoms with E-state index in [4.69, 9.17) is 4.18 Å². The summed E-state index contributed by atoms with van der Waals surface area (Å²) in [6.07, 6.45) is 2.32. The van der Waals surface area contributed by atoms with Gasteiger partial charge in [-0.25, -0.2) is 4.18 Å². The van der Waals surface area contributed by atoms with E-state index in [9.17, 15) is 13.2 Å². The van der Waals surface area contributed by atoms with Gasteiger partial charge in [-0.15, -0.1) is 0 Å². The van der Waals surface area contributed by atoms with Gasteiger partial charge < -0.3 is 5.32 Å². The van der Waals surface area contributed by atoms with Crippen molar-refractivity contribution >= 4 is 16.0 Å².